The summed E-state index contributed by atoms with van der Waals surface area (Å²) in [5, 5.41) is 14.7. The monoisotopic (exact) mass is 365 g/mol. The number of anilines is 1. The SMILES string of the molecule is Nc1noc(-c2c(Cl)cccc2[N+](=O)[O-])c1I. The fourth-order valence-corrected chi connectivity index (χ4v) is 2.06. The molecule has 6 nitrogen and oxygen atoms in total. The molecule has 0 saturated carbocycles. The number of nitrogens with two attached hydrogens (primary N) is 1. The normalized spacial score (nSPS) is 10.5. The third-order valence-electron chi connectivity index (χ3n) is 2.07. The van der Waals surface area contributed by atoms with Gasteiger partial charge in [-0.1, -0.05) is 22.8 Å². The lowest BCUT2D eigenvalue weighted by molar-refractivity contribution is -0.384. The second-order valence-corrected chi connectivity index (χ2v) is 4.59. The van der Waals surface area contributed by atoms with Crippen molar-refractivity contribution in [3.63, 3.8) is 0 Å². The van der Waals surface area contributed by atoms with Crippen LogP contribution in [0.2, 0.25) is 5.02 Å². The van der Waals surface area contributed by atoms with Gasteiger partial charge in [0.25, 0.3) is 5.69 Å². The molecule has 2 aromatic rings. The first-order valence-electron chi connectivity index (χ1n) is 4.36. The highest BCUT2D eigenvalue weighted by molar-refractivity contribution is 14.1. The van der Waals surface area contributed by atoms with Gasteiger partial charge in [0.05, 0.1) is 9.95 Å². The standard InChI is InChI=1S/C9H5ClIN3O3/c10-4-2-1-3-5(14(15)16)6(4)8-7(11)9(12)13-17-8/h1-3H,(H2,12,13). The Morgan fingerprint density at radius 3 is 2.76 bits per heavy atom. The van der Waals surface area contributed by atoms with Crippen molar-refractivity contribution in [2.24, 2.45) is 0 Å². The molecule has 0 unspecified atom stereocenters. The van der Waals surface area contributed by atoms with Crippen LogP contribution in [0, 0.1) is 13.7 Å². The largest absolute Gasteiger partial charge is 0.380 e. The van der Waals surface area contributed by atoms with E-state index < -0.39 is 4.92 Å². The van der Waals surface area contributed by atoms with Crippen LogP contribution < -0.4 is 5.73 Å². The fraction of sp³-hybridized carbons (Fsp3) is 0. The van der Waals surface area contributed by atoms with Crippen LogP contribution in [0.1, 0.15) is 0 Å². The molecule has 0 saturated heterocycles. The number of benzene rings is 1. The lowest BCUT2D eigenvalue weighted by Crippen LogP contribution is -1.93. The molecule has 0 radical (unpaired) electrons. The molecule has 2 N–H and O–H groups in total. The van der Waals surface area contributed by atoms with Gasteiger partial charge in [-0.15, -0.1) is 0 Å². The summed E-state index contributed by atoms with van der Waals surface area (Å²) in [5.41, 5.74) is 5.57. The molecule has 8 heteroatoms. The molecule has 1 heterocycles. The summed E-state index contributed by atoms with van der Waals surface area (Å²) in [6.07, 6.45) is 0. The van der Waals surface area contributed by atoms with Crippen molar-refractivity contribution in [3.8, 4) is 11.3 Å². The van der Waals surface area contributed by atoms with E-state index in [9.17, 15) is 10.1 Å². The number of rotatable bonds is 2. The topological polar surface area (TPSA) is 95.2 Å². The van der Waals surface area contributed by atoms with Gasteiger partial charge in [0, 0.05) is 6.07 Å². The van der Waals surface area contributed by atoms with E-state index in [1.165, 1.54) is 12.1 Å². The first kappa shape index (κ1) is 12.1. The Morgan fingerprint density at radius 2 is 2.24 bits per heavy atom. The van der Waals surface area contributed by atoms with Crippen molar-refractivity contribution >= 4 is 45.7 Å². The molecular formula is C9H5ClIN3O3. The average molecular weight is 366 g/mol. The molecule has 0 aliphatic rings. The number of nitrogen functional groups attached to an aromatic ring is 1. The molecule has 0 fully saturated rings. The zero-order valence-corrected chi connectivity index (χ0v) is 11.1. The summed E-state index contributed by atoms with van der Waals surface area (Å²) in [4.78, 5) is 10.4. The molecule has 0 bridgehead atoms. The summed E-state index contributed by atoms with van der Waals surface area (Å²) in [5.74, 6) is 0.384. The molecule has 1 aromatic carbocycles. The number of hydrogen-bond donors (Lipinski definition) is 1. The maximum Gasteiger partial charge on any atom is 0.282 e. The van der Waals surface area contributed by atoms with Gasteiger partial charge in [-0.25, -0.2) is 0 Å². The molecule has 1 aromatic heterocycles. The molecule has 0 atom stereocenters. The Bertz CT molecular complexity index is 599. The van der Waals surface area contributed by atoms with Gasteiger partial charge in [-0.2, -0.15) is 0 Å². The smallest absolute Gasteiger partial charge is 0.282 e. The van der Waals surface area contributed by atoms with E-state index in [1.807, 2.05) is 22.6 Å². The van der Waals surface area contributed by atoms with Gasteiger partial charge < -0.3 is 10.3 Å². The summed E-state index contributed by atoms with van der Waals surface area (Å²) < 4.78 is 5.48. The molecule has 0 aliphatic heterocycles. The minimum Gasteiger partial charge on any atom is -0.380 e. The van der Waals surface area contributed by atoms with Gasteiger partial charge in [-0.3, -0.25) is 10.1 Å². The first-order valence-corrected chi connectivity index (χ1v) is 5.82. The number of nitro benzene ring substituents is 1. The number of hydrogen-bond acceptors (Lipinski definition) is 5. The van der Waals surface area contributed by atoms with E-state index in [1.54, 1.807) is 6.07 Å². The van der Waals surface area contributed by atoms with Crippen molar-refractivity contribution in [2.75, 3.05) is 5.73 Å². The third kappa shape index (κ3) is 2.07. The van der Waals surface area contributed by atoms with E-state index in [0.717, 1.165) is 0 Å². The van der Waals surface area contributed by atoms with E-state index in [2.05, 4.69) is 5.16 Å². The molecule has 0 aliphatic carbocycles. The molecular weight excluding hydrogens is 360 g/mol. The van der Waals surface area contributed by atoms with E-state index in [4.69, 9.17) is 21.9 Å². The molecule has 2 rings (SSSR count). The van der Waals surface area contributed by atoms with Crippen molar-refractivity contribution in [3.05, 3.63) is 36.9 Å². The van der Waals surface area contributed by atoms with Crippen LogP contribution in [0.5, 0.6) is 0 Å². The lowest BCUT2D eigenvalue weighted by Gasteiger charge is -2.01. The Morgan fingerprint density at radius 1 is 1.53 bits per heavy atom. The Balaban J connectivity index is 2.74. The predicted octanol–water partition coefficient (Wildman–Crippen LogP) is 3.09. The first-order chi connectivity index (χ1) is 8.02. The second kappa shape index (κ2) is 4.49. The van der Waals surface area contributed by atoms with Crippen LogP contribution in [0.25, 0.3) is 11.3 Å². The van der Waals surface area contributed by atoms with Gasteiger partial charge in [0.2, 0.25) is 0 Å². The number of nitrogens with zero attached hydrogens (tertiary/aromatic N) is 2. The van der Waals surface area contributed by atoms with Crippen molar-refractivity contribution in [1.29, 1.82) is 0 Å². The van der Waals surface area contributed by atoms with E-state index >= 15 is 0 Å². The van der Waals surface area contributed by atoms with E-state index in [-0.39, 0.29) is 27.9 Å². The fourth-order valence-electron chi connectivity index (χ4n) is 1.34. The van der Waals surface area contributed by atoms with Crippen LogP contribution in [0.3, 0.4) is 0 Å². The summed E-state index contributed by atoms with van der Waals surface area (Å²) in [7, 11) is 0. The van der Waals surface area contributed by atoms with E-state index in [0.29, 0.717) is 3.57 Å². The Labute approximate surface area is 114 Å². The highest BCUT2D eigenvalue weighted by Crippen LogP contribution is 2.39. The minimum absolute atomic E-state index is 0.147. The van der Waals surface area contributed by atoms with Crippen LogP contribution >= 0.6 is 34.2 Å². The molecule has 88 valence electrons. The van der Waals surface area contributed by atoms with Crippen LogP contribution in [0.15, 0.2) is 22.7 Å². The van der Waals surface area contributed by atoms with Crippen molar-refractivity contribution in [1.82, 2.24) is 5.16 Å². The molecule has 0 spiro atoms. The highest BCUT2D eigenvalue weighted by atomic mass is 127. The van der Waals surface area contributed by atoms with Gasteiger partial charge in [0.15, 0.2) is 11.6 Å². The quantitative estimate of drug-likeness (QED) is 0.501. The van der Waals surface area contributed by atoms with Crippen LogP contribution in [-0.2, 0) is 0 Å². The van der Waals surface area contributed by atoms with Gasteiger partial charge in [-0.05, 0) is 28.7 Å². The zero-order valence-electron chi connectivity index (χ0n) is 8.18. The predicted molar refractivity (Wildman–Crippen MR) is 70.7 cm³/mol. The minimum atomic E-state index is -0.532. The number of aromatic nitrogens is 1. The van der Waals surface area contributed by atoms with Gasteiger partial charge >= 0.3 is 0 Å². The Hall–Kier alpha value is -1.35. The highest BCUT2D eigenvalue weighted by Gasteiger charge is 2.25. The van der Waals surface area contributed by atoms with Crippen molar-refractivity contribution < 1.29 is 9.45 Å². The number of halogens is 2. The Kier molecular flexibility index (Phi) is 3.20. The lowest BCUT2D eigenvalue weighted by atomic mass is 10.1. The maximum atomic E-state index is 10.9. The molecule has 17 heavy (non-hydrogen) atoms. The average Bonchev–Trinajstić information content (AvgIpc) is 2.60. The van der Waals surface area contributed by atoms with Gasteiger partial charge in [0.1, 0.15) is 9.13 Å². The van der Waals surface area contributed by atoms with Crippen LogP contribution in [-0.4, -0.2) is 10.1 Å². The zero-order chi connectivity index (χ0) is 12.6. The maximum absolute atomic E-state index is 10.9. The van der Waals surface area contributed by atoms with Crippen molar-refractivity contribution in [2.45, 2.75) is 0 Å². The second-order valence-electron chi connectivity index (χ2n) is 3.10. The molecule has 0 amide bonds. The third-order valence-corrected chi connectivity index (χ3v) is 3.43. The summed E-state index contributed by atoms with van der Waals surface area (Å²) in [6, 6.07) is 4.38. The summed E-state index contributed by atoms with van der Waals surface area (Å²) >= 11 is 7.85. The summed E-state index contributed by atoms with van der Waals surface area (Å²) in [6.45, 7) is 0. The van der Waals surface area contributed by atoms with Crippen LogP contribution in [0.4, 0.5) is 11.5 Å². The number of nitro groups is 1.